The Balaban J connectivity index is 1.23. The highest BCUT2D eigenvalue weighted by Crippen LogP contribution is 2.40. The van der Waals surface area contributed by atoms with Crippen molar-refractivity contribution in [1.82, 2.24) is 9.47 Å². The molecule has 3 heterocycles. The summed E-state index contributed by atoms with van der Waals surface area (Å²) in [5.74, 6) is 0.740. The van der Waals surface area contributed by atoms with E-state index in [-0.39, 0.29) is 24.4 Å². The number of thioether (sulfide) groups is 1. The Labute approximate surface area is 262 Å². The van der Waals surface area contributed by atoms with E-state index in [1.165, 1.54) is 23.7 Å². The number of aromatic nitrogens is 1. The van der Waals surface area contributed by atoms with Crippen molar-refractivity contribution >= 4 is 57.1 Å². The van der Waals surface area contributed by atoms with Gasteiger partial charge in [0.15, 0.2) is 5.17 Å². The van der Waals surface area contributed by atoms with Crippen LogP contribution in [-0.2, 0) is 22.6 Å². The van der Waals surface area contributed by atoms with Crippen molar-refractivity contribution in [3.63, 3.8) is 0 Å². The van der Waals surface area contributed by atoms with Crippen molar-refractivity contribution < 1.29 is 14.3 Å². The van der Waals surface area contributed by atoms with Crippen LogP contribution in [0.25, 0.3) is 17.0 Å². The third-order valence-electron chi connectivity index (χ3n) is 8.90. The molecule has 0 bridgehead atoms. The summed E-state index contributed by atoms with van der Waals surface area (Å²) < 4.78 is 7.59. The fourth-order valence-electron chi connectivity index (χ4n) is 6.74. The van der Waals surface area contributed by atoms with Crippen LogP contribution in [0.15, 0.2) is 88.9 Å². The van der Waals surface area contributed by atoms with Crippen LogP contribution in [0.2, 0.25) is 0 Å². The van der Waals surface area contributed by atoms with Crippen LogP contribution >= 0.6 is 11.8 Å². The van der Waals surface area contributed by atoms with E-state index in [1.807, 2.05) is 87.3 Å². The third kappa shape index (κ3) is 5.43. The monoisotopic (exact) mass is 604 g/mol. The van der Waals surface area contributed by atoms with Gasteiger partial charge in [0.1, 0.15) is 18.0 Å². The van der Waals surface area contributed by atoms with Crippen molar-refractivity contribution in [3.05, 3.63) is 95.0 Å². The Morgan fingerprint density at radius 1 is 0.977 bits per heavy atom. The summed E-state index contributed by atoms with van der Waals surface area (Å²) in [6.07, 6.45) is 11.3. The molecule has 1 saturated heterocycles. The van der Waals surface area contributed by atoms with Gasteiger partial charge in [0.2, 0.25) is 5.91 Å². The first-order chi connectivity index (χ1) is 21.6. The lowest BCUT2D eigenvalue weighted by Gasteiger charge is -2.30. The highest BCUT2D eigenvalue weighted by Gasteiger charge is 2.39. The van der Waals surface area contributed by atoms with Gasteiger partial charge in [-0.2, -0.15) is 0 Å². The number of benzene rings is 3. The Morgan fingerprint density at radius 3 is 2.61 bits per heavy atom. The number of amides is 2. The molecule has 1 saturated carbocycles. The van der Waals surface area contributed by atoms with Crippen LogP contribution in [0.3, 0.4) is 0 Å². The van der Waals surface area contributed by atoms with E-state index in [0.717, 1.165) is 67.2 Å². The maximum Gasteiger partial charge on any atom is 0.267 e. The van der Waals surface area contributed by atoms with Crippen molar-refractivity contribution in [2.75, 3.05) is 18.6 Å². The molecule has 44 heavy (non-hydrogen) atoms. The number of rotatable bonds is 6. The number of ether oxygens (including phenoxy) is 1. The normalized spacial score (nSPS) is 19.2. The Kier molecular flexibility index (Phi) is 8.00. The van der Waals surface area contributed by atoms with Gasteiger partial charge in [-0.1, -0.05) is 67.8 Å². The summed E-state index contributed by atoms with van der Waals surface area (Å²) in [7, 11) is 1.64. The summed E-state index contributed by atoms with van der Waals surface area (Å²) in [6.45, 7) is 0.955. The molecule has 1 aromatic heterocycles. The van der Waals surface area contributed by atoms with Crippen molar-refractivity contribution in [2.24, 2.45) is 4.99 Å². The number of hydrogen-bond acceptors (Lipinski definition) is 5. The molecule has 2 amide bonds. The van der Waals surface area contributed by atoms with Gasteiger partial charge in [0.25, 0.3) is 5.91 Å². The number of carbonyl (C=O) groups excluding carboxylic acids is 2. The molecule has 2 aliphatic heterocycles. The number of fused-ring (bicyclic) bond motifs is 2. The maximum absolute atomic E-state index is 14.1. The first-order valence-electron chi connectivity index (χ1n) is 15.5. The second kappa shape index (κ2) is 12.4. The summed E-state index contributed by atoms with van der Waals surface area (Å²) in [5.41, 5.74) is 4.84. The number of amidine groups is 1. The van der Waals surface area contributed by atoms with Gasteiger partial charge < -0.3 is 14.2 Å². The van der Waals surface area contributed by atoms with E-state index >= 15 is 0 Å². The van der Waals surface area contributed by atoms with Crippen LogP contribution < -0.4 is 9.64 Å². The van der Waals surface area contributed by atoms with Crippen LogP contribution in [0, 0.1) is 0 Å². The van der Waals surface area contributed by atoms with Gasteiger partial charge in [-0.15, -0.1) is 0 Å². The zero-order chi connectivity index (χ0) is 30.0. The van der Waals surface area contributed by atoms with Gasteiger partial charge in [-0.05, 0) is 73.4 Å². The lowest BCUT2D eigenvalue weighted by molar-refractivity contribution is -0.124. The molecular weight excluding hydrogens is 568 g/mol. The Hall–Kier alpha value is -4.30. The number of para-hydroxylation sites is 4. The zero-order valence-corrected chi connectivity index (χ0v) is 25.8. The SMILES string of the molecule is COc1ccccc1N=C1S/C(=C\c2cn(CC(=O)N3CCCc4ccccc43)c3ccccc23)C(=O)N1C1CCCCC1. The van der Waals surface area contributed by atoms with Crippen molar-refractivity contribution in [1.29, 1.82) is 0 Å². The minimum atomic E-state index is -0.00613. The zero-order valence-electron chi connectivity index (χ0n) is 24.9. The highest BCUT2D eigenvalue weighted by molar-refractivity contribution is 8.18. The molecule has 8 heteroatoms. The minimum Gasteiger partial charge on any atom is -0.494 e. The number of carbonyl (C=O) groups is 2. The predicted molar refractivity (Wildman–Crippen MR) is 178 cm³/mol. The van der Waals surface area contributed by atoms with E-state index in [9.17, 15) is 9.59 Å². The van der Waals surface area contributed by atoms with Crippen LogP contribution in [-0.4, -0.2) is 46.1 Å². The number of aryl methyl sites for hydroxylation is 1. The average molecular weight is 605 g/mol. The van der Waals surface area contributed by atoms with Crippen molar-refractivity contribution in [3.8, 4) is 5.75 Å². The maximum atomic E-state index is 14.1. The molecule has 0 N–H and O–H groups in total. The third-order valence-corrected chi connectivity index (χ3v) is 9.88. The Morgan fingerprint density at radius 2 is 1.75 bits per heavy atom. The second-order valence-corrected chi connectivity index (χ2v) is 12.7. The molecule has 7 nitrogen and oxygen atoms in total. The number of nitrogens with zero attached hydrogens (tertiary/aromatic N) is 4. The van der Waals surface area contributed by atoms with Gasteiger partial charge in [0.05, 0.1) is 12.0 Å². The van der Waals surface area contributed by atoms with Gasteiger partial charge in [0, 0.05) is 40.9 Å². The topological polar surface area (TPSA) is 67.1 Å². The van der Waals surface area contributed by atoms with Gasteiger partial charge >= 0.3 is 0 Å². The summed E-state index contributed by atoms with van der Waals surface area (Å²) in [6, 6.07) is 24.1. The van der Waals surface area contributed by atoms with Crippen LogP contribution in [0.1, 0.15) is 49.7 Å². The molecule has 3 aromatic carbocycles. The highest BCUT2D eigenvalue weighted by atomic mass is 32.2. The first-order valence-corrected chi connectivity index (χ1v) is 16.3. The molecule has 3 aliphatic rings. The number of methoxy groups -OCH3 is 1. The average Bonchev–Trinajstić information content (AvgIpc) is 3.57. The minimum absolute atomic E-state index is 0.00613. The molecule has 7 rings (SSSR count). The van der Waals surface area contributed by atoms with E-state index in [2.05, 4.69) is 12.1 Å². The molecule has 0 radical (unpaired) electrons. The van der Waals surface area contributed by atoms with Crippen LogP contribution in [0.4, 0.5) is 11.4 Å². The molecule has 224 valence electrons. The Bertz CT molecular complexity index is 1780. The van der Waals surface area contributed by atoms with Gasteiger partial charge in [-0.25, -0.2) is 4.99 Å². The standard InChI is InChI=1S/C36H36N4O3S/c1-43-32-20-10-7-17-29(32)37-36-40(27-14-3-2-4-15-27)35(42)33(44-36)22-26-23-38(31-19-9-6-16-28(26)31)24-34(41)39-21-11-13-25-12-5-8-18-30(25)39/h5-10,12,16-20,22-23,27H,2-4,11,13-15,21,24H2,1H3/b33-22-,37-36?. The largest absolute Gasteiger partial charge is 0.494 e. The fraction of sp³-hybridized carbons (Fsp3) is 0.306. The molecule has 1 aliphatic carbocycles. The quantitative estimate of drug-likeness (QED) is 0.213. The van der Waals surface area contributed by atoms with E-state index < -0.39 is 0 Å². The van der Waals surface area contributed by atoms with E-state index in [0.29, 0.717) is 21.5 Å². The number of hydrogen-bond donors (Lipinski definition) is 0. The van der Waals surface area contributed by atoms with E-state index in [1.54, 1.807) is 7.11 Å². The molecule has 0 unspecified atom stereocenters. The molecule has 4 aromatic rings. The first kappa shape index (κ1) is 28.5. The molecular formula is C36H36N4O3S. The lowest BCUT2D eigenvalue weighted by Crippen LogP contribution is -2.40. The smallest absolute Gasteiger partial charge is 0.267 e. The summed E-state index contributed by atoms with van der Waals surface area (Å²) in [4.78, 5) is 37.2. The molecule has 0 spiro atoms. The summed E-state index contributed by atoms with van der Waals surface area (Å²) >= 11 is 1.42. The predicted octanol–water partition coefficient (Wildman–Crippen LogP) is 7.57. The second-order valence-electron chi connectivity index (χ2n) is 11.7. The van der Waals surface area contributed by atoms with E-state index in [4.69, 9.17) is 9.73 Å². The lowest BCUT2D eigenvalue weighted by atomic mass is 9.94. The molecule has 2 fully saturated rings. The van der Waals surface area contributed by atoms with Crippen LogP contribution in [0.5, 0.6) is 5.75 Å². The molecule has 0 atom stereocenters. The van der Waals surface area contributed by atoms with Crippen molar-refractivity contribution in [2.45, 2.75) is 57.5 Å². The number of aliphatic imine (C=N–C) groups is 1. The fourth-order valence-corrected chi connectivity index (χ4v) is 7.78. The number of anilines is 1. The summed E-state index contributed by atoms with van der Waals surface area (Å²) in [5, 5.41) is 1.71. The van der Waals surface area contributed by atoms with Gasteiger partial charge in [-0.3, -0.25) is 14.5 Å².